The van der Waals surface area contributed by atoms with Gasteiger partial charge in [0.1, 0.15) is 5.75 Å². The molecule has 6 heteroatoms. The number of benzene rings is 3. The maximum Gasteiger partial charge on any atom is 0.253 e. The van der Waals surface area contributed by atoms with E-state index in [1.54, 1.807) is 31.2 Å². The third-order valence-electron chi connectivity index (χ3n) is 5.37. The summed E-state index contributed by atoms with van der Waals surface area (Å²) in [5.74, 6) is 1.59. The molecule has 1 amide bonds. The average molecular weight is 428 g/mol. The van der Waals surface area contributed by atoms with Crippen molar-refractivity contribution in [1.82, 2.24) is 15.1 Å². The molecule has 4 aromatic rings. The minimum Gasteiger partial charge on any atom is -0.496 e. The standard InChI is InChI=1S/C26H25N3O3/c1-17-9-14-23(31-4)21(15-17)16-29(3)26(30)20-12-10-19(11-13-20)24-27-28-25(32-24)22-8-6-5-7-18(22)2/h5-15H,16H2,1-4H3. The first-order chi connectivity index (χ1) is 15.5. The molecule has 0 saturated carbocycles. The van der Waals surface area contributed by atoms with Crippen molar-refractivity contribution >= 4 is 5.91 Å². The predicted octanol–water partition coefficient (Wildman–Crippen LogP) is 5.30. The third-order valence-corrected chi connectivity index (χ3v) is 5.37. The summed E-state index contributed by atoms with van der Waals surface area (Å²) in [7, 11) is 3.42. The van der Waals surface area contributed by atoms with Gasteiger partial charge in [-0.3, -0.25) is 4.79 Å². The number of carbonyl (C=O) groups is 1. The third kappa shape index (κ3) is 4.39. The molecule has 0 fully saturated rings. The van der Waals surface area contributed by atoms with Crippen molar-refractivity contribution in [3.63, 3.8) is 0 Å². The van der Waals surface area contributed by atoms with Crippen LogP contribution < -0.4 is 4.74 Å². The van der Waals surface area contributed by atoms with E-state index >= 15 is 0 Å². The van der Waals surface area contributed by atoms with Gasteiger partial charge in [0, 0.05) is 35.8 Å². The van der Waals surface area contributed by atoms with Gasteiger partial charge in [-0.05, 0) is 55.8 Å². The molecule has 6 nitrogen and oxygen atoms in total. The van der Waals surface area contributed by atoms with Crippen molar-refractivity contribution in [3.05, 3.63) is 89.0 Å². The number of carbonyl (C=O) groups excluding carboxylic acids is 1. The molecule has 1 aromatic heterocycles. The van der Waals surface area contributed by atoms with Gasteiger partial charge in [-0.25, -0.2) is 0 Å². The molecule has 3 aromatic carbocycles. The van der Waals surface area contributed by atoms with Gasteiger partial charge in [-0.2, -0.15) is 0 Å². The zero-order chi connectivity index (χ0) is 22.7. The molecule has 0 bridgehead atoms. The molecule has 0 unspecified atom stereocenters. The van der Waals surface area contributed by atoms with Crippen LogP contribution in [0.1, 0.15) is 27.0 Å². The van der Waals surface area contributed by atoms with Crippen LogP contribution in [0.15, 0.2) is 71.1 Å². The highest BCUT2D eigenvalue weighted by Crippen LogP contribution is 2.27. The van der Waals surface area contributed by atoms with Crippen molar-refractivity contribution in [2.75, 3.05) is 14.2 Å². The van der Waals surface area contributed by atoms with Crippen molar-refractivity contribution in [2.45, 2.75) is 20.4 Å². The lowest BCUT2D eigenvalue weighted by Crippen LogP contribution is -2.26. The number of ether oxygens (including phenoxy) is 1. The van der Waals surface area contributed by atoms with Gasteiger partial charge in [0.05, 0.1) is 7.11 Å². The summed E-state index contributed by atoms with van der Waals surface area (Å²) < 4.78 is 11.3. The van der Waals surface area contributed by atoms with E-state index < -0.39 is 0 Å². The van der Waals surface area contributed by atoms with E-state index in [9.17, 15) is 4.79 Å². The summed E-state index contributed by atoms with van der Waals surface area (Å²) in [5.41, 5.74) is 5.41. The first kappa shape index (κ1) is 21.3. The molecule has 1 heterocycles. The Balaban J connectivity index is 1.50. The van der Waals surface area contributed by atoms with E-state index in [2.05, 4.69) is 10.2 Å². The van der Waals surface area contributed by atoms with Gasteiger partial charge in [0.2, 0.25) is 11.8 Å². The van der Waals surface area contributed by atoms with Gasteiger partial charge in [-0.1, -0.05) is 35.9 Å². The van der Waals surface area contributed by atoms with Gasteiger partial charge in [-0.15, -0.1) is 10.2 Å². The van der Waals surface area contributed by atoms with E-state index in [1.807, 2.05) is 68.4 Å². The maximum atomic E-state index is 12.9. The highest BCUT2D eigenvalue weighted by Gasteiger charge is 2.16. The second-order valence-electron chi connectivity index (χ2n) is 7.78. The second-order valence-corrected chi connectivity index (χ2v) is 7.78. The molecular weight excluding hydrogens is 402 g/mol. The Morgan fingerprint density at radius 2 is 1.69 bits per heavy atom. The first-order valence-electron chi connectivity index (χ1n) is 10.3. The van der Waals surface area contributed by atoms with Crippen molar-refractivity contribution in [1.29, 1.82) is 0 Å². The van der Waals surface area contributed by atoms with E-state index in [4.69, 9.17) is 9.15 Å². The number of hydrogen-bond acceptors (Lipinski definition) is 5. The fraction of sp³-hybridized carbons (Fsp3) is 0.192. The van der Waals surface area contributed by atoms with Crippen LogP contribution in [0.5, 0.6) is 5.75 Å². The van der Waals surface area contributed by atoms with E-state index in [1.165, 1.54) is 0 Å². The molecule has 32 heavy (non-hydrogen) atoms. The van der Waals surface area contributed by atoms with Crippen LogP contribution in [0.3, 0.4) is 0 Å². The molecule has 0 aliphatic heterocycles. The van der Waals surface area contributed by atoms with Crippen LogP contribution in [-0.2, 0) is 6.54 Å². The topological polar surface area (TPSA) is 68.5 Å². The molecule has 0 aliphatic carbocycles. The van der Waals surface area contributed by atoms with Gasteiger partial charge in [0.25, 0.3) is 5.91 Å². The van der Waals surface area contributed by atoms with Gasteiger partial charge >= 0.3 is 0 Å². The van der Waals surface area contributed by atoms with Crippen LogP contribution >= 0.6 is 0 Å². The summed E-state index contributed by atoms with van der Waals surface area (Å²) in [6.45, 7) is 4.48. The number of nitrogens with zero attached hydrogens (tertiary/aromatic N) is 3. The second kappa shape index (κ2) is 9.06. The Morgan fingerprint density at radius 3 is 2.41 bits per heavy atom. The fourth-order valence-electron chi connectivity index (χ4n) is 3.60. The Kier molecular flexibility index (Phi) is 6.03. The largest absolute Gasteiger partial charge is 0.496 e. The maximum absolute atomic E-state index is 12.9. The Morgan fingerprint density at radius 1 is 0.969 bits per heavy atom. The minimum atomic E-state index is -0.0776. The molecule has 162 valence electrons. The summed E-state index contributed by atoms with van der Waals surface area (Å²) in [4.78, 5) is 14.6. The quantitative estimate of drug-likeness (QED) is 0.418. The van der Waals surface area contributed by atoms with E-state index in [0.717, 1.165) is 33.6 Å². The fourth-order valence-corrected chi connectivity index (χ4v) is 3.60. The molecule has 4 rings (SSSR count). The smallest absolute Gasteiger partial charge is 0.253 e. The minimum absolute atomic E-state index is 0.0776. The number of aromatic nitrogens is 2. The summed E-state index contributed by atoms with van der Waals surface area (Å²) in [6.07, 6.45) is 0. The van der Waals surface area contributed by atoms with Crippen molar-refractivity contribution < 1.29 is 13.9 Å². The normalized spacial score (nSPS) is 10.8. The van der Waals surface area contributed by atoms with E-state index in [-0.39, 0.29) is 5.91 Å². The molecule has 0 N–H and O–H groups in total. The first-order valence-corrected chi connectivity index (χ1v) is 10.3. The summed E-state index contributed by atoms with van der Waals surface area (Å²) in [5, 5.41) is 8.35. The Labute approximate surface area is 187 Å². The van der Waals surface area contributed by atoms with Crippen LogP contribution in [0, 0.1) is 13.8 Å². The van der Waals surface area contributed by atoms with E-state index in [0.29, 0.717) is 23.9 Å². The monoisotopic (exact) mass is 427 g/mol. The molecular formula is C26H25N3O3. The van der Waals surface area contributed by atoms with Crippen LogP contribution in [0.4, 0.5) is 0 Å². The van der Waals surface area contributed by atoms with Crippen LogP contribution in [0.2, 0.25) is 0 Å². The van der Waals surface area contributed by atoms with Gasteiger partial charge in [0.15, 0.2) is 0 Å². The van der Waals surface area contributed by atoms with Crippen molar-refractivity contribution in [3.8, 4) is 28.7 Å². The molecule has 0 atom stereocenters. The lowest BCUT2D eigenvalue weighted by Gasteiger charge is -2.19. The zero-order valence-corrected chi connectivity index (χ0v) is 18.6. The van der Waals surface area contributed by atoms with Crippen LogP contribution in [-0.4, -0.2) is 35.2 Å². The highest BCUT2D eigenvalue weighted by molar-refractivity contribution is 5.94. The van der Waals surface area contributed by atoms with Crippen LogP contribution in [0.25, 0.3) is 22.9 Å². The molecule has 0 aliphatic rings. The zero-order valence-electron chi connectivity index (χ0n) is 18.6. The number of rotatable bonds is 6. The lowest BCUT2D eigenvalue weighted by atomic mass is 10.1. The number of hydrogen-bond donors (Lipinski definition) is 0. The lowest BCUT2D eigenvalue weighted by molar-refractivity contribution is 0.0784. The Hall–Kier alpha value is -3.93. The van der Waals surface area contributed by atoms with Crippen molar-refractivity contribution in [2.24, 2.45) is 0 Å². The highest BCUT2D eigenvalue weighted by atomic mass is 16.5. The molecule has 0 spiro atoms. The molecule has 0 saturated heterocycles. The predicted molar refractivity (Wildman–Crippen MR) is 123 cm³/mol. The number of aryl methyl sites for hydroxylation is 2. The average Bonchev–Trinajstić information content (AvgIpc) is 3.29. The number of amides is 1. The summed E-state index contributed by atoms with van der Waals surface area (Å²) in [6, 6.07) is 21.0. The number of methoxy groups -OCH3 is 1. The molecule has 0 radical (unpaired) electrons. The Bertz CT molecular complexity index is 1250. The summed E-state index contributed by atoms with van der Waals surface area (Å²) >= 11 is 0. The van der Waals surface area contributed by atoms with Gasteiger partial charge < -0.3 is 14.1 Å². The SMILES string of the molecule is COc1ccc(C)cc1CN(C)C(=O)c1ccc(-c2nnc(-c3ccccc3C)o2)cc1.